The third-order valence-electron chi connectivity index (χ3n) is 8.73. The molecule has 3 saturated carbocycles. The Morgan fingerprint density at radius 2 is 2.00 bits per heavy atom. The first-order valence-corrected chi connectivity index (χ1v) is 9.94. The van der Waals surface area contributed by atoms with Gasteiger partial charge in [0.2, 0.25) is 0 Å². The highest BCUT2D eigenvalue weighted by Crippen LogP contribution is 2.67. The van der Waals surface area contributed by atoms with E-state index >= 15 is 0 Å². The maximum Gasteiger partial charge on any atom is 0.190 e. The minimum Gasteiger partial charge on any atom is -0.393 e. The quantitative estimate of drug-likeness (QED) is 0.694. The molecule has 144 valence electrons. The molecule has 0 radical (unpaired) electrons. The Kier molecular flexibility index (Phi) is 4.04. The summed E-state index contributed by atoms with van der Waals surface area (Å²) in [5, 5.41) is 31.7. The Hall–Kier alpha value is -1.04. The second-order valence-electron chi connectivity index (χ2n) is 9.61. The fourth-order valence-corrected chi connectivity index (χ4v) is 7.35. The molecule has 0 aromatic carbocycles. The molecular weight excluding hydrogens is 332 g/mol. The standard InChI is InChI=1S/C21H30O5/c1-19-7-5-13(23)9-12(19)3-4-14-15-6-8-21(26,17(25)11-22)20(15,2)10-16(24)18(14)19/h5,7,12,14-16,18,22,24,26H,3-4,6,8-11H2,1-2H3/t12-,14-,15-,16-,18+,19-,20-,21-/m0/s1. The van der Waals surface area contributed by atoms with E-state index in [0.29, 0.717) is 19.3 Å². The van der Waals surface area contributed by atoms with Crippen LogP contribution in [0.4, 0.5) is 0 Å². The van der Waals surface area contributed by atoms with E-state index < -0.39 is 29.5 Å². The van der Waals surface area contributed by atoms with Crippen molar-refractivity contribution in [2.75, 3.05) is 6.61 Å². The first-order chi connectivity index (χ1) is 12.2. The van der Waals surface area contributed by atoms with Gasteiger partial charge in [-0.2, -0.15) is 0 Å². The fourth-order valence-electron chi connectivity index (χ4n) is 7.35. The van der Waals surface area contributed by atoms with Gasteiger partial charge in [-0.3, -0.25) is 9.59 Å². The van der Waals surface area contributed by atoms with Gasteiger partial charge in [0.05, 0.1) is 6.10 Å². The van der Waals surface area contributed by atoms with E-state index in [2.05, 4.69) is 6.92 Å². The largest absolute Gasteiger partial charge is 0.393 e. The minimum atomic E-state index is -1.55. The normalized spacial score (nSPS) is 53.0. The lowest BCUT2D eigenvalue weighted by atomic mass is 9.44. The second kappa shape index (κ2) is 5.73. The number of carbonyl (C=O) groups is 2. The Balaban J connectivity index is 1.73. The van der Waals surface area contributed by atoms with Crippen LogP contribution in [-0.4, -0.2) is 45.2 Å². The third kappa shape index (κ3) is 2.14. The van der Waals surface area contributed by atoms with Crippen molar-refractivity contribution in [2.24, 2.45) is 34.5 Å². The summed E-state index contributed by atoms with van der Waals surface area (Å²) < 4.78 is 0. The van der Waals surface area contributed by atoms with Gasteiger partial charge >= 0.3 is 0 Å². The molecule has 0 spiro atoms. The number of hydrogen-bond donors (Lipinski definition) is 3. The maximum absolute atomic E-state index is 12.4. The zero-order chi connectivity index (χ0) is 18.9. The number of fused-ring (bicyclic) bond motifs is 5. The Bertz CT molecular complexity index is 671. The van der Waals surface area contributed by atoms with E-state index in [1.54, 1.807) is 6.08 Å². The Morgan fingerprint density at radius 3 is 2.69 bits per heavy atom. The van der Waals surface area contributed by atoms with Crippen molar-refractivity contribution < 1.29 is 24.9 Å². The average molecular weight is 362 g/mol. The molecule has 3 N–H and O–H groups in total. The molecule has 5 nitrogen and oxygen atoms in total. The molecule has 3 fully saturated rings. The first kappa shape index (κ1) is 18.3. The monoisotopic (exact) mass is 362 g/mol. The third-order valence-corrected chi connectivity index (χ3v) is 8.73. The summed E-state index contributed by atoms with van der Waals surface area (Å²) in [5.41, 5.74) is -2.46. The van der Waals surface area contributed by atoms with E-state index in [1.165, 1.54) is 0 Å². The number of ketones is 2. The fraction of sp³-hybridized carbons (Fsp3) is 0.810. The van der Waals surface area contributed by atoms with Gasteiger partial charge in [-0.1, -0.05) is 19.9 Å². The predicted octanol–water partition coefficient (Wildman–Crippen LogP) is 1.64. The van der Waals surface area contributed by atoms with Crippen LogP contribution in [0, 0.1) is 34.5 Å². The lowest BCUT2D eigenvalue weighted by Gasteiger charge is -2.61. The number of Topliss-reactive ketones (excluding diaryl/α,β-unsaturated/α-hetero) is 1. The van der Waals surface area contributed by atoms with Crippen molar-refractivity contribution in [3.8, 4) is 0 Å². The molecular formula is C21H30O5. The number of hydrogen-bond acceptors (Lipinski definition) is 5. The SMILES string of the molecule is C[C@]12C=CC(=O)C[C@@H]1CC[C@@H]1[C@@H]2[C@@H](O)C[C@@]2(C)[C@H]1CC[C@]2(O)C(=O)CO. The first-order valence-electron chi connectivity index (χ1n) is 9.94. The number of rotatable bonds is 2. The summed E-state index contributed by atoms with van der Waals surface area (Å²) in [6, 6.07) is 0. The smallest absolute Gasteiger partial charge is 0.190 e. The number of allylic oxidation sites excluding steroid dienone is 2. The van der Waals surface area contributed by atoms with Crippen LogP contribution in [-0.2, 0) is 9.59 Å². The number of aliphatic hydroxyl groups is 3. The second-order valence-corrected chi connectivity index (χ2v) is 9.61. The minimum absolute atomic E-state index is 0.0512. The van der Waals surface area contributed by atoms with E-state index in [0.717, 1.165) is 19.3 Å². The maximum atomic E-state index is 12.4. The molecule has 8 atom stereocenters. The van der Waals surface area contributed by atoms with Crippen molar-refractivity contribution in [1.29, 1.82) is 0 Å². The summed E-state index contributed by atoms with van der Waals surface area (Å²) >= 11 is 0. The topological polar surface area (TPSA) is 94.8 Å². The molecule has 0 aromatic rings. The van der Waals surface area contributed by atoms with Crippen molar-refractivity contribution in [1.82, 2.24) is 0 Å². The molecule has 4 rings (SSSR count). The van der Waals surface area contributed by atoms with Crippen LogP contribution >= 0.6 is 0 Å². The van der Waals surface area contributed by atoms with Crippen LogP contribution in [0.15, 0.2) is 12.2 Å². The molecule has 0 unspecified atom stereocenters. The van der Waals surface area contributed by atoms with Gasteiger partial charge in [0.25, 0.3) is 0 Å². The summed E-state index contributed by atoms with van der Waals surface area (Å²) in [4.78, 5) is 24.2. The number of carbonyl (C=O) groups excluding carboxylic acids is 2. The molecule has 5 heteroatoms. The summed E-state index contributed by atoms with van der Waals surface area (Å²) in [7, 11) is 0. The van der Waals surface area contributed by atoms with Gasteiger partial charge in [-0.15, -0.1) is 0 Å². The molecule has 4 aliphatic carbocycles. The van der Waals surface area contributed by atoms with Crippen LogP contribution < -0.4 is 0 Å². The van der Waals surface area contributed by atoms with Gasteiger partial charge in [-0.05, 0) is 67.3 Å². The molecule has 0 heterocycles. The molecule has 0 bridgehead atoms. The van der Waals surface area contributed by atoms with Crippen molar-refractivity contribution in [2.45, 2.75) is 64.1 Å². The van der Waals surface area contributed by atoms with Gasteiger partial charge in [0.1, 0.15) is 12.2 Å². The molecule has 0 aromatic heterocycles. The lowest BCUT2D eigenvalue weighted by molar-refractivity contribution is -0.188. The van der Waals surface area contributed by atoms with E-state index in [4.69, 9.17) is 0 Å². The molecule has 26 heavy (non-hydrogen) atoms. The highest BCUT2D eigenvalue weighted by atomic mass is 16.3. The van der Waals surface area contributed by atoms with Crippen LogP contribution in [0.25, 0.3) is 0 Å². The Labute approximate surface area is 154 Å². The Morgan fingerprint density at radius 1 is 1.27 bits per heavy atom. The van der Waals surface area contributed by atoms with Gasteiger partial charge in [0, 0.05) is 11.8 Å². The van der Waals surface area contributed by atoms with Crippen LogP contribution in [0.2, 0.25) is 0 Å². The average Bonchev–Trinajstić information content (AvgIpc) is 2.86. The van der Waals surface area contributed by atoms with Crippen molar-refractivity contribution in [3.05, 3.63) is 12.2 Å². The van der Waals surface area contributed by atoms with Crippen molar-refractivity contribution in [3.63, 3.8) is 0 Å². The van der Waals surface area contributed by atoms with Gasteiger partial charge in [0.15, 0.2) is 11.6 Å². The summed E-state index contributed by atoms with van der Waals surface area (Å²) in [6.07, 6.45) is 6.97. The zero-order valence-corrected chi connectivity index (χ0v) is 15.6. The zero-order valence-electron chi connectivity index (χ0n) is 15.6. The van der Waals surface area contributed by atoms with Crippen LogP contribution in [0.5, 0.6) is 0 Å². The molecule has 0 aliphatic heterocycles. The van der Waals surface area contributed by atoms with Crippen LogP contribution in [0.1, 0.15) is 52.4 Å². The van der Waals surface area contributed by atoms with Crippen LogP contribution in [0.3, 0.4) is 0 Å². The van der Waals surface area contributed by atoms with E-state index in [1.807, 2.05) is 13.0 Å². The van der Waals surface area contributed by atoms with E-state index in [9.17, 15) is 24.9 Å². The molecule has 0 saturated heterocycles. The highest BCUT2D eigenvalue weighted by Gasteiger charge is 2.68. The van der Waals surface area contributed by atoms with E-state index in [-0.39, 0.29) is 34.9 Å². The summed E-state index contributed by atoms with van der Waals surface area (Å²) in [5.74, 6) is 0.347. The molecule has 0 amide bonds. The lowest BCUT2D eigenvalue weighted by Crippen LogP contribution is -2.62. The predicted molar refractivity (Wildman–Crippen MR) is 95.1 cm³/mol. The van der Waals surface area contributed by atoms with Gasteiger partial charge < -0.3 is 15.3 Å². The number of aliphatic hydroxyl groups excluding tert-OH is 2. The highest BCUT2D eigenvalue weighted by molar-refractivity contribution is 5.91. The van der Waals surface area contributed by atoms with Gasteiger partial charge in [-0.25, -0.2) is 0 Å². The summed E-state index contributed by atoms with van der Waals surface area (Å²) in [6.45, 7) is 3.43. The van der Waals surface area contributed by atoms with Crippen molar-refractivity contribution >= 4 is 11.6 Å². The molecule has 4 aliphatic rings.